The Morgan fingerprint density at radius 3 is 2.41 bits per heavy atom. The number of ether oxygens (including phenoxy) is 1. The number of carbonyl (C=O) groups is 1. The topological polar surface area (TPSA) is 49.1 Å². The lowest BCUT2D eigenvalue weighted by Crippen LogP contribution is -2.20. The quantitative estimate of drug-likeness (QED) is 0.535. The Morgan fingerprint density at radius 1 is 1.24 bits per heavy atom. The molecule has 0 radical (unpaired) electrons. The fourth-order valence-corrected chi connectivity index (χ4v) is 3.51. The third-order valence-electron chi connectivity index (χ3n) is 4.48. The Bertz CT molecular complexity index is 1040. The summed E-state index contributed by atoms with van der Waals surface area (Å²) in [5, 5.41) is 4.44. The number of carbonyl (C=O) groups excluding carboxylic acids is 1. The van der Waals surface area contributed by atoms with Gasteiger partial charge in [0.05, 0.1) is 19.3 Å². The number of aryl methyl sites for hydroxylation is 1. The fourth-order valence-electron chi connectivity index (χ4n) is 3.39. The van der Waals surface area contributed by atoms with Crippen molar-refractivity contribution in [3.8, 4) is 11.1 Å². The Labute approximate surface area is 170 Å². The molecule has 0 saturated heterocycles. The van der Waals surface area contributed by atoms with E-state index >= 15 is 0 Å². The minimum Gasteiger partial charge on any atom is -0.461 e. The number of hydrogen-bond donors (Lipinski definition) is 0. The molecule has 0 aliphatic heterocycles. The van der Waals surface area contributed by atoms with Crippen molar-refractivity contribution < 1.29 is 22.7 Å². The number of aromatic nitrogens is 3. The summed E-state index contributed by atoms with van der Waals surface area (Å²) in [6.45, 7) is 2.82. The second-order valence-corrected chi connectivity index (χ2v) is 6.97. The van der Waals surface area contributed by atoms with Crippen molar-refractivity contribution >= 4 is 17.6 Å². The molecule has 0 saturated carbocycles. The SMILES string of the molecule is CCOC(=O)c1c(-c2ccc(Cl)cc2)c(C)c(C(F)(F)F)n1Cc1cnn(C)c1. The van der Waals surface area contributed by atoms with E-state index in [-0.39, 0.29) is 30.0 Å². The molecule has 0 bridgehead atoms. The second kappa shape index (κ2) is 7.94. The summed E-state index contributed by atoms with van der Waals surface area (Å²) in [5.41, 5.74) is 0.0619. The van der Waals surface area contributed by atoms with Gasteiger partial charge in [0.25, 0.3) is 0 Å². The zero-order valence-corrected chi connectivity index (χ0v) is 16.8. The molecule has 0 N–H and O–H groups in total. The normalized spacial score (nSPS) is 11.7. The van der Waals surface area contributed by atoms with Gasteiger partial charge in [0.2, 0.25) is 0 Å². The number of benzene rings is 1. The van der Waals surface area contributed by atoms with Gasteiger partial charge in [0.1, 0.15) is 11.4 Å². The van der Waals surface area contributed by atoms with Gasteiger partial charge in [-0.3, -0.25) is 4.68 Å². The maximum absolute atomic E-state index is 14.0. The van der Waals surface area contributed by atoms with Crippen LogP contribution in [-0.2, 0) is 24.5 Å². The first-order chi connectivity index (χ1) is 13.6. The van der Waals surface area contributed by atoms with Crippen molar-refractivity contribution in [3.63, 3.8) is 0 Å². The molecule has 0 atom stereocenters. The summed E-state index contributed by atoms with van der Waals surface area (Å²) in [5.74, 6) is -0.819. The molecule has 0 aliphatic rings. The van der Waals surface area contributed by atoms with E-state index < -0.39 is 17.8 Å². The summed E-state index contributed by atoms with van der Waals surface area (Å²) < 4.78 is 49.6. The zero-order chi connectivity index (χ0) is 21.3. The van der Waals surface area contributed by atoms with Gasteiger partial charge in [0, 0.05) is 29.4 Å². The maximum atomic E-state index is 14.0. The van der Waals surface area contributed by atoms with Crippen LogP contribution in [0, 0.1) is 6.92 Å². The minimum absolute atomic E-state index is 0.0391. The Kier molecular flexibility index (Phi) is 5.75. The molecule has 0 spiro atoms. The zero-order valence-electron chi connectivity index (χ0n) is 16.0. The molecule has 2 aromatic heterocycles. The van der Waals surface area contributed by atoms with Crippen LogP contribution in [0.1, 0.15) is 34.2 Å². The first kappa shape index (κ1) is 21.0. The average molecular weight is 426 g/mol. The van der Waals surface area contributed by atoms with Crippen LogP contribution in [0.3, 0.4) is 0 Å². The van der Waals surface area contributed by atoms with Crippen molar-refractivity contribution in [1.82, 2.24) is 14.3 Å². The van der Waals surface area contributed by atoms with Crippen LogP contribution in [-0.4, -0.2) is 26.9 Å². The van der Waals surface area contributed by atoms with Gasteiger partial charge < -0.3 is 9.30 Å². The molecule has 0 fully saturated rings. The summed E-state index contributed by atoms with van der Waals surface area (Å²) >= 11 is 5.92. The molecule has 29 heavy (non-hydrogen) atoms. The monoisotopic (exact) mass is 425 g/mol. The molecular weight excluding hydrogens is 407 g/mol. The van der Waals surface area contributed by atoms with E-state index in [9.17, 15) is 18.0 Å². The van der Waals surface area contributed by atoms with Crippen molar-refractivity contribution in [2.45, 2.75) is 26.6 Å². The van der Waals surface area contributed by atoms with Crippen LogP contribution in [0.4, 0.5) is 13.2 Å². The summed E-state index contributed by atoms with van der Waals surface area (Å²) in [6.07, 6.45) is -1.60. The molecule has 0 amide bonds. The lowest BCUT2D eigenvalue weighted by Gasteiger charge is -2.15. The third kappa shape index (κ3) is 4.17. The number of hydrogen-bond acceptors (Lipinski definition) is 3. The fraction of sp³-hybridized carbons (Fsp3) is 0.300. The highest BCUT2D eigenvalue weighted by Crippen LogP contribution is 2.41. The molecule has 0 unspecified atom stereocenters. The standard InChI is InChI=1S/C20H19ClF3N3O2/c1-4-29-19(28)17-16(14-5-7-15(21)8-6-14)12(2)18(20(22,23)24)27(17)11-13-9-25-26(3)10-13/h5-10H,4,11H2,1-3H3. The molecule has 9 heteroatoms. The number of halogens is 4. The van der Waals surface area contributed by atoms with Crippen LogP contribution in [0.5, 0.6) is 0 Å². The predicted octanol–water partition coefficient (Wildman–Crippen LogP) is 5.09. The molecule has 2 heterocycles. The predicted molar refractivity (Wildman–Crippen MR) is 103 cm³/mol. The smallest absolute Gasteiger partial charge is 0.431 e. The number of esters is 1. The van der Waals surface area contributed by atoms with Crippen molar-refractivity contribution in [3.05, 3.63) is 64.2 Å². The Balaban J connectivity index is 2.32. The third-order valence-corrected chi connectivity index (χ3v) is 4.73. The van der Waals surface area contributed by atoms with Gasteiger partial charge in [-0.05, 0) is 37.1 Å². The molecule has 3 rings (SSSR count). The molecular formula is C20H19ClF3N3O2. The first-order valence-electron chi connectivity index (χ1n) is 8.84. The van der Waals surface area contributed by atoms with Gasteiger partial charge >= 0.3 is 12.1 Å². The van der Waals surface area contributed by atoms with E-state index in [2.05, 4.69) is 5.10 Å². The second-order valence-electron chi connectivity index (χ2n) is 6.53. The lowest BCUT2D eigenvalue weighted by molar-refractivity contribution is -0.143. The Morgan fingerprint density at radius 2 is 1.90 bits per heavy atom. The van der Waals surface area contributed by atoms with Crippen LogP contribution in [0.25, 0.3) is 11.1 Å². The van der Waals surface area contributed by atoms with E-state index in [1.54, 1.807) is 44.4 Å². The van der Waals surface area contributed by atoms with Gasteiger partial charge in [-0.1, -0.05) is 23.7 Å². The molecule has 154 valence electrons. The van der Waals surface area contributed by atoms with Crippen LogP contribution in [0.15, 0.2) is 36.7 Å². The van der Waals surface area contributed by atoms with E-state index in [1.165, 1.54) is 17.8 Å². The van der Waals surface area contributed by atoms with Gasteiger partial charge in [-0.25, -0.2) is 4.79 Å². The van der Waals surface area contributed by atoms with Crippen LogP contribution < -0.4 is 0 Å². The largest absolute Gasteiger partial charge is 0.461 e. The van der Waals surface area contributed by atoms with E-state index in [1.807, 2.05) is 0 Å². The highest BCUT2D eigenvalue weighted by atomic mass is 35.5. The molecule has 0 aliphatic carbocycles. The summed E-state index contributed by atoms with van der Waals surface area (Å²) in [6, 6.07) is 6.30. The maximum Gasteiger partial charge on any atom is 0.431 e. The lowest BCUT2D eigenvalue weighted by atomic mass is 10.0. The summed E-state index contributed by atoms with van der Waals surface area (Å²) in [7, 11) is 1.67. The minimum atomic E-state index is -4.67. The highest BCUT2D eigenvalue weighted by Gasteiger charge is 2.41. The van der Waals surface area contributed by atoms with Crippen molar-refractivity contribution in [2.75, 3.05) is 6.61 Å². The molecule has 1 aromatic carbocycles. The van der Waals surface area contributed by atoms with Gasteiger partial charge in [-0.2, -0.15) is 18.3 Å². The molecule has 5 nitrogen and oxygen atoms in total. The van der Waals surface area contributed by atoms with Gasteiger partial charge in [0.15, 0.2) is 0 Å². The van der Waals surface area contributed by atoms with Crippen molar-refractivity contribution in [2.24, 2.45) is 7.05 Å². The van der Waals surface area contributed by atoms with E-state index in [0.717, 1.165) is 4.57 Å². The van der Waals surface area contributed by atoms with Crippen molar-refractivity contribution in [1.29, 1.82) is 0 Å². The first-order valence-corrected chi connectivity index (χ1v) is 9.22. The average Bonchev–Trinajstić information content (AvgIpc) is 3.16. The number of alkyl halides is 3. The number of nitrogens with zero attached hydrogens (tertiary/aromatic N) is 3. The Hall–Kier alpha value is -2.74. The van der Waals surface area contributed by atoms with E-state index in [4.69, 9.17) is 16.3 Å². The number of rotatable bonds is 5. The molecule has 3 aromatic rings. The van der Waals surface area contributed by atoms with Crippen LogP contribution >= 0.6 is 11.6 Å². The van der Waals surface area contributed by atoms with Gasteiger partial charge in [-0.15, -0.1) is 0 Å². The highest BCUT2D eigenvalue weighted by molar-refractivity contribution is 6.30. The van der Waals surface area contributed by atoms with E-state index in [0.29, 0.717) is 16.1 Å². The van der Waals surface area contributed by atoms with Crippen LogP contribution in [0.2, 0.25) is 5.02 Å². The summed E-state index contributed by atoms with van der Waals surface area (Å²) in [4.78, 5) is 12.8.